The Labute approximate surface area is 118 Å². The molecule has 4 nitrogen and oxygen atoms in total. The molecule has 0 aromatic heterocycles. The number of benzene rings is 2. The summed E-state index contributed by atoms with van der Waals surface area (Å²) in [7, 11) is 1.36. The molecule has 2 aromatic carbocycles. The number of hydrogen-bond donors (Lipinski definition) is 1. The second-order valence-electron chi connectivity index (χ2n) is 4.24. The van der Waals surface area contributed by atoms with Gasteiger partial charge in [0.25, 0.3) is 0 Å². The lowest BCUT2D eigenvalue weighted by Crippen LogP contribution is -2.02. The van der Waals surface area contributed by atoms with E-state index in [1.807, 2.05) is 37.3 Å². The first kappa shape index (κ1) is 13.8. The van der Waals surface area contributed by atoms with Crippen LogP contribution >= 0.6 is 0 Å². The first-order chi connectivity index (χ1) is 9.70. The molecule has 0 heterocycles. The normalized spacial score (nSPS) is 11.0. The van der Waals surface area contributed by atoms with Gasteiger partial charge in [0.15, 0.2) is 0 Å². The van der Waals surface area contributed by atoms with E-state index >= 15 is 0 Å². The van der Waals surface area contributed by atoms with Crippen LogP contribution in [0.2, 0.25) is 0 Å². The largest absolute Gasteiger partial charge is 0.465 e. The van der Waals surface area contributed by atoms with Crippen molar-refractivity contribution in [2.24, 2.45) is 5.10 Å². The average Bonchev–Trinajstić information content (AvgIpc) is 2.53. The first-order valence-electron chi connectivity index (χ1n) is 6.25. The molecule has 1 N–H and O–H groups in total. The molecule has 0 aliphatic carbocycles. The van der Waals surface area contributed by atoms with Crippen molar-refractivity contribution in [3.63, 3.8) is 0 Å². The highest BCUT2D eigenvalue weighted by Crippen LogP contribution is 2.11. The molecule has 0 aliphatic heterocycles. The number of carbonyl (C=O) groups is 1. The van der Waals surface area contributed by atoms with Crippen molar-refractivity contribution in [1.82, 2.24) is 0 Å². The Morgan fingerprint density at radius 1 is 1.00 bits per heavy atom. The van der Waals surface area contributed by atoms with Gasteiger partial charge in [-0.25, -0.2) is 4.79 Å². The zero-order chi connectivity index (χ0) is 14.4. The molecule has 0 saturated heterocycles. The molecule has 102 valence electrons. The van der Waals surface area contributed by atoms with E-state index in [0.717, 1.165) is 17.0 Å². The van der Waals surface area contributed by atoms with Crippen molar-refractivity contribution >= 4 is 17.4 Å². The van der Waals surface area contributed by atoms with Gasteiger partial charge in [0.05, 0.1) is 24.1 Å². The minimum absolute atomic E-state index is 0.347. The van der Waals surface area contributed by atoms with E-state index in [1.165, 1.54) is 7.11 Å². The van der Waals surface area contributed by atoms with Crippen molar-refractivity contribution in [3.8, 4) is 0 Å². The molecule has 0 aliphatic rings. The van der Waals surface area contributed by atoms with Crippen LogP contribution < -0.4 is 5.43 Å². The van der Waals surface area contributed by atoms with E-state index in [0.29, 0.717) is 5.56 Å². The molecule has 0 atom stereocenters. The summed E-state index contributed by atoms with van der Waals surface area (Å²) in [5, 5.41) is 4.31. The number of rotatable bonds is 4. The van der Waals surface area contributed by atoms with Gasteiger partial charge in [-0.1, -0.05) is 30.3 Å². The maximum absolute atomic E-state index is 11.3. The number of methoxy groups -OCH3 is 1. The van der Waals surface area contributed by atoms with Crippen LogP contribution in [0.1, 0.15) is 22.8 Å². The molecule has 0 radical (unpaired) electrons. The maximum atomic E-state index is 11.3. The third kappa shape index (κ3) is 3.45. The number of ether oxygens (including phenoxy) is 1. The standard InChI is InChI=1S/C16H16N2O2/c1-12(13-6-4-3-5-7-13)17-18-15-10-8-14(9-11-15)16(19)20-2/h3-11,18H,1-2H3/b17-12+. The number of carbonyl (C=O) groups excluding carboxylic acids is 1. The van der Waals surface area contributed by atoms with Crippen LogP contribution in [-0.4, -0.2) is 18.8 Å². The Balaban J connectivity index is 2.05. The average molecular weight is 268 g/mol. The van der Waals surface area contributed by atoms with Gasteiger partial charge in [-0.2, -0.15) is 5.10 Å². The van der Waals surface area contributed by atoms with Gasteiger partial charge in [0.1, 0.15) is 0 Å². The summed E-state index contributed by atoms with van der Waals surface area (Å²) in [5.41, 5.74) is 6.24. The van der Waals surface area contributed by atoms with Crippen LogP contribution in [0.3, 0.4) is 0 Å². The third-order valence-corrected chi connectivity index (χ3v) is 2.85. The summed E-state index contributed by atoms with van der Waals surface area (Å²) in [6.45, 7) is 1.94. The predicted octanol–water partition coefficient (Wildman–Crippen LogP) is 3.31. The van der Waals surface area contributed by atoms with Gasteiger partial charge in [-0.3, -0.25) is 5.43 Å². The van der Waals surface area contributed by atoms with Crippen molar-refractivity contribution in [3.05, 3.63) is 65.7 Å². The van der Waals surface area contributed by atoms with E-state index in [4.69, 9.17) is 0 Å². The van der Waals surface area contributed by atoms with Crippen LogP contribution in [0.5, 0.6) is 0 Å². The highest BCUT2D eigenvalue weighted by molar-refractivity contribution is 5.99. The summed E-state index contributed by atoms with van der Waals surface area (Å²) in [5.74, 6) is -0.347. The van der Waals surface area contributed by atoms with E-state index in [1.54, 1.807) is 24.3 Å². The van der Waals surface area contributed by atoms with Crippen molar-refractivity contribution in [2.45, 2.75) is 6.92 Å². The maximum Gasteiger partial charge on any atom is 0.337 e. The lowest BCUT2D eigenvalue weighted by Gasteiger charge is -2.04. The highest BCUT2D eigenvalue weighted by Gasteiger charge is 2.03. The molecule has 4 heteroatoms. The molecule has 20 heavy (non-hydrogen) atoms. The summed E-state index contributed by atoms with van der Waals surface area (Å²) in [4.78, 5) is 11.3. The smallest absolute Gasteiger partial charge is 0.337 e. The van der Waals surface area contributed by atoms with Crippen molar-refractivity contribution < 1.29 is 9.53 Å². The summed E-state index contributed by atoms with van der Waals surface area (Å²) in [6, 6.07) is 16.9. The van der Waals surface area contributed by atoms with Crippen molar-refractivity contribution in [1.29, 1.82) is 0 Å². The van der Waals surface area contributed by atoms with E-state index in [2.05, 4.69) is 15.3 Å². The highest BCUT2D eigenvalue weighted by atomic mass is 16.5. The SMILES string of the molecule is COC(=O)c1ccc(N/N=C(\C)c2ccccc2)cc1. The van der Waals surface area contributed by atoms with E-state index in [-0.39, 0.29) is 5.97 Å². The van der Waals surface area contributed by atoms with E-state index in [9.17, 15) is 4.79 Å². The van der Waals surface area contributed by atoms with Gasteiger partial charge >= 0.3 is 5.97 Å². The molecule has 0 unspecified atom stereocenters. The molecule has 0 bridgehead atoms. The zero-order valence-electron chi connectivity index (χ0n) is 11.5. The Hall–Kier alpha value is -2.62. The van der Waals surface area contributed by atoms with Gasteiger partial charge in [-0.05, 0) is 36.8 Å². The predicted molar refractivity (Wildman–Crippen MR) is 80.1 cm³/mol. The quantitative estimate of drug-likeness (QED) is 0.526. The fourth-order valence-electron chi connectivity index (χ4n) is 1.69. The number of esters is 1. The number of hydrogen-bond acceptors (Lipinski definition) is 4. The van der Waals surface area contributed by atoms with Gasteiger partial charge in [0.2, 0.25) is 0 Å². The number of nitrogens with zero attached hydrogens (tertiary/aromatic N) is 1. The van der Waals surface area contributed by atoms with Crippen LogP contribution in [0, 0.1) is 0 Å². The lowest BCUT2D eigenvalue weighted by atomic mass is 10.1. The number of anilines is 1. The summed E-state index contributed by atoms with van der Waals surface area (Å²) in [6.07, 6.45) is 0. The molecule has 0 amide bonds. The summed E-state index contributed by atoms with van der Waals surface area (Å²) >= 11 is 0. The summed E-state index contributed by atoms with van der Waals surface area (Å²) < 4.78 is 4.65. The monoisotopic (exact) mass is 268 g/mol. The fraction of sp³-hybridized carbons (Fsp3) is 0.125. The van der Waals surface area contributed by atoms with Gasteiger partial charge in [-0.15, -0.1) is 0 Å². The van der Waals surface area contributed by atoms with Crippen LogP contribution in [-0.2, 0) is 4.74 Å². The Kier molecular flexibility index (Phi) is 4.50. The Bertz CT molecular complexity index is 604. The molecular formula is C16H16N2O2. The number of nitrogens with one attached hydrogen (secondary N) is 1. The van der Waals surface area contributed by atoms with Gasteiger partial charge < -0.3 is 4.74 Å². The third-order valence-electron chi connectivity index (χ3n) is 2.85. The molecule has 0 saturated carbocycles. The van der Waals surface area contributed by atoms with E-state index < -0.39 is 0 Å². The second kappa shape index (κ2) is 6.52. The fourth-order valence-corrected chi connectivity index (χ4v) is 1.69. The first-order valence-corrected chi connectivity index (χ1v) is 6.25. The minimum Gasteiger partial charge on any atom is -0.465 e. The minimum atomic E-state index is -0.347. The number of hydrazone groups is 1. The van der Waals surface area contributed by atoms with Crippen LogP contribution in [0.15, 0.2) is 59.7 Å². The second-order valence-corrected chi connectivity index (χ2v) is 4.24. The molecular weight excluding hydrogens is 252 g/mol. The topological polar surface area (TPSA) is 50.7 Å². The molecule has 0 spiro atoms. The lowest BCUT2D eigenvalue weighted by molar-refractivity contribution is 0.0601. The molecule has 2 rings (SSSR count). The van der Waals surface area contributed by atoms with Crippen LogP contribution in [0.4, 0.5) is 5.69 Å². The molecule has 2 aromatic rings. The Morgan fingerprint density at radius 3 is 2.25 bits per heavy atom. The molecule has 0 fully saturated rings. The zero-order valence-corrected chi connectivity index (χ0v) is 11.5. The van der Waals surface area contributed by atoms with Crippen molar-refractivity contribution in [2.75, 3.05) is 12.5 Å². The Morgan fingerprint density at radius 2 is 1.65 bits per heavy atom. The van der Waals surface area contributed by atoms with Crippen LogP contribution in [0.25, 0.3) is 0 Å². The van der Waals surface area contributed by atoms with Gasteiger partial charge in [0, 0.05) is 0 Å².